The molecule has 0 nitrogen and oxygen atoms in total. The number of rotatable bonds is 0. The van der Waals surface area contributed by atoms with Crippen molar-refractivity contribution in [1.29, 1.82) is 0 Å². The van der Waals surface area contributed by atoms with E-state index in [0.717, 1.165) is 19.3 Å². The van der Waals surface area contributed by atoms with Crippen molar-refractivity contribution in [2.45, 2.75) is 45.7 Å². The molecule has 1 unspecified atom stereocenters. The van der Waals surface area contributed by atoms with Gasteiger partial charge in [0.2, 0.25) is 0 Å². The zero-order chi connectivity index (χ0) is 7.12. The quantitative estimate of drug-likeness (QED) is 0.473. The van der Waals surface area contributed by atoms with Gasteiger partial charge in [-0.25, -0.2) is 4.39 Å². The van der Waals surface area contributed by atoms with Crippen molar-refractivity contribution in [2.75, 3.05) is 0 Å². The maximum Gasteiger partial charge on any atom is 0.108 e. The van der Waals surface area contributed by atoms with E-state index < -0.39 is 5.67 Å². The summed E-state index contributed by atoms with van der Waals surface area (Å²) in [5, 5.41) is 0. The van der Waals surface area contributed by atoms with E-state index in [9.17, 15) is 4.39 Å². The minimum absolute atomic E-state index is 0.253. The first-order chi connectivity index (χ1) is 3.91. The van der Waals surface area contributed by atoms with E-state index in [4.69, 9.17) is 0 Å². The Morgan fingerprint density at radius 2 is 1.67 bits per heavy atom. The molecule has 1 aliphatic carbocycles. The fourth-order valence-corrected chi connectivity index (χ4v) is 1.77. The van der Waals surface area contributed by atoms with E-state index in [1.54, 1.807) is 6.92 Å². The summed E-state index contributed by atoms with van der Waals surface area (Å²) in [4.78, 5) is 0. The molecule has 9 heavy (non-hydrogen) atoms. The maximum atomic E-state index is 13.1. The Kier molecular flexibility index (Phi) is 1.34. The summed E-state index contributed by atoms with van der Waals surface area (Å²) in [5.74, 6) is 0. The van der Waals surface area contributed by atoms with E-state index >= 15 is 0 Å². The predicted octanol–water partition coefficient (Wildman–Crippen LogP) is 2.92. The summed E-state index contributed by atoms with van der Waals surface area (Å²) in [5.41, 5.74) is -0.618. The molecular weight excluding hydrogens is 115 g/mol. The summed E-state index contributed by atoms with van der Waals surface area (Å²) in [7, 11) is 0. The van der Waals surface area contributed by atoms with Gasteiger partial charge in [0.05, 0.1) is 0 Å². The first-order valence-electron chi connectivity index (χ1n) is 3.60. The average Bonchev–Trinajstić information content (AvgIpc) is 1.78. The third-order valence-electron chi connectivity index (χ3n) is 2.17. The lowest BCUT2D eigenvalue weighted by Gasteiger charge is -2.18. The summed E-state index contributed by atoms with van der Waals surface area (Å²) in [6.45, 7) is 5.98. The molecule has 0 aromatic carbocycles. The Balaban J connectivity index is 2.58. The normalized spacial score (nSPS) is 41.3. The molecule has 0 saturated heterocycles. The van der Waals surface area contributed by atoms with Crippen LogP contribution in [0.25, 0.3) is 0 Å². The molecule has 0 aromatic rings. The zero-order valence-electron chi connectivity index (χ0n) is 6.50. The summed E-state index contributed by atoms with van der Waals surface area (Å²) >= 11 is 0. The van der Waals surface area contributed by atoms with E-state index in [1.807, 2.05) is 0 Å². The van der Waals surface area contributed by atoms with Crippen LogP contribution in [0.5, 0.6) is 0 Å². The molecule has 1 saturated carbocycles. The van der Waals surface area contributed by atoms with Gasteiger partial charge in [0.15, 0.2) is 0 Å². The lowest BCUT2D eigenvalue weighted by molar-refractivity contribution is 0.178. The third-order valence-corrected chi connectivity index (χ3v) is 2.17. The summed E-state index contributed by atoms with van der Waals surface area (Å²) < 4.78 is 13.1. The van der Waals surface area contributed by atoms with Crippen LogP contribution in [0.4, 0.5) is 4.39 Å². The monoisotopic (exact) mass is 130 g/mol. The van der Waals surface area contributed by atoms with Crippen molar-refractivity contribution < 1.29 is 4.39 Å². The van der Waals surface area contributed by atoms with E-state index in [1.165, 1.54) is 0 Å². The molecule has 0 bridgehead atoms. The van der Waals surface area contributed by atoms with Crippen molar-refractivity contribution >= 4 is 0 Å². The Bertz CT molecular complexity index is 99.7. The second-order valence-electron chi connectivity index (χ2n) is 4.25. The van der Waals surface area contributed by atoms with Gasteiger partial charge in [-0.05, 0) is 31.6 Å². The van der Waals surface area contributed by atoms with Gasteiger partial charge in [-0.1, -0.05) is 13.8 Å². The van der Waals surface area contributed by atoms with Gasteiger partial charge in [0.25, 0.3) is 0 Å². The zero-order valence-corrected chi connectivity index (χ0v) is 6.50. The van der Waals surface area contributed by atoms with Crippen molar-refractivity contribution in [3.63, 3.8) is 0 Å². The molecule has 0 amide bonds. The van der Waals surface area contributed by atoms with Crippen LogP contribution in [0.1, 0.15) is 40.0 Å². The second kappa shape index (κ2) is 1.71. The Morgan fingerprint density at radius 3 is 1.78 bits per heavy atom. The third kappa shape index (κ3) is 1.67. The molecule has 1 heteroatoms. The van der Waals surface area contributed by atoms with Gasteiger partial charge in [-0.2, -0.15) is 0 Å². The van der Waals surface area contributed by atoms with Gasteiger partial charge >= 0.3 is 0 Å². The molecule has 1 aliphatic rings. The highest BCUT2D eigenvalue weighted by Crippen LogP contribution is 2.45. The van der Waals surface area contributed by atoms with Gasteiger partial charge in [-0.3, -0.25) is 0 Å². The maximum absolute atomic E-state index is 13.1. The molecular formula is C8H15F. The molecule has 0 spiro atoms. The highest BCUT2D eigenvalue weighted by atomic mass is 19.1. The van der Waals surface area contributed by atoms with Gasteiger partial charge in [-0.15, -0.1) is 0 Å². The van der Waals surface area contributed by atoms with Gasteiger partial charge < -0.3 is 0 Å². The minimum atomic E-state index is -0.872. The summed E-state index contributed by atoms with van der Waals surface area (Å²) in [6.07, 6.45) is 2.53. The molecule has 54 valence electrons. The number of hydrogen-bond donors (Lipinski definition) is 0. The Morgan fingerprint density at radius 1 is 1.11 bits per heavy atom. The van der Waals surface area contributed by atoms with Crippen molar-refractivity contribution in [3.8, 4) is 0 Å². The molecule has 0 N–H and O–H groups in total. The van der Waals surface area contributed by atoms with Crippen LogP contribution in [-0.4, -0.2) is 5.67 Å². The number of hydrogen-bond acceptors (Lipinski definition) is 0. The van der Waals surface area contributed by atoms with E-state index in [2.05, 4.69) is 13.8 Å². The van der Waals surface area contributed by atoms with Crippen molar-refractivity contribution in [2.24, 2.45) is 5.41 Å². The van der Waals surface area contributed by atoms with Crippen LogP contribution in [0.15, 0.2) is 0 Å². The molecule has 0 heterocycles. The molecule has 0 aliphatic heterocycles. The fraction of sp³-hybridized carbons (Fsp3) is 1.00. The highest BCUT2D eigenvalue weighted by molar-refractivity contribution is 4.90. The molecule has 0 radical (unpaired) electrons. The minimum Gasteiger partial charge on any atom is -0.244 e. The first kappa shape index (κ1) is 7.04. The largest absolute Gasteiger partial charge is 0.244 e. The predicted molar refractivity (Wildman–Crippen MR) is 37.1 cm³/mol. The van der Waals surface area contributed by atoms with Crippen LogP contribution in [-0.2, 0) is 0 Å². The smallest absolute Gasteiger partial charge is 0.108 e. The fourth-order valence-electron chi connectivity index (χ4n) is 1.77. The van der Waals surface area contributed by atoms with Gasteiger partial charge in [0.1, 0.15) is 5.67 Å². The topological polar surface area (TPSA) is 0 Å². The van der Waals surface area contributed by atoms with Crippen molar-refractivity contribution in [3.05, 3.63) is 0 Å². The molecule has 1 fully saturated rings. The van der Waals surface area contributed by atoms with Crippen LogP contribution < -0.4 is 0 Å². The standard InChI is InChI=1S/C8H15F/c1-7(2)4-5-8(3,9)6-7/h4-6H2,1-3H3. The number of alkyl halides is 1. The Labute approximate surface area is 56.5 Å². The van der Waals surface area contributed by atoms with Crippen molar-refractivity contribution in [1.82, 2.24) is 0 Å². The van der Waals surface area contributed by atoms with Crippen LogP contribution in [0.2, 0.25) is 0 Å². The lowest BCUT2D eigenvalue weighted by atomic mass is 9.90. The summed E-state index contributed by atoms with van der Waals surface area (Å²) in [6, 6.07) is 0. The second-order valence-corrected chi connectivity index (χ2v) is 4.25. The highest BCUT2D eigenvalue weighted by Gasteiger charge is 2.39. The molecule has 1 rings (SSSR count). The molecule has 0 aromatic heterocycles. The van der Waals surface area contributed by atoms with Crippen LogP contribution in [0.3, 0.4) is 0 Å². The lowest BCUT2D eigenvalue weighted by Crippen LogP contribution is -2.14. The van der Waals surface area contributed by atoms with Crippen LogP contribution in [0, 0.1) is 5.41 Å². The first-order valence-corrected chi connectivity index (χ1v) is 3.60. The van der Waals surface area contributed by atoms with E-state index in [-0.39, 0.29) is 5.41 Å². The Hall–Kier alpha value is -0.0700. The molecule has 1 atom stereocenters. The number of halogens is 1. The van der Waals surface area contributed by atoms with E-state index in [0.29, 0.717) is 0 Å². The van der Waals surface area contributed by atoms with Gasteiger partial charge in [0, 0.05) is 0 Å². The SMILES string of the molecule is CC1(C)CCC(C)(F)C1. The van der Waals surface area contributed by atoms with Crippen LogP contribution >= 0.6 is 0 Å². The average molecular weight is 130 g/mol.